The van der Waals surface area contributed by atoms with Gasteiger partial charge in [0, 0.05) is 6.08 Å². The molecule has 0 aliphatic heterocycles. The van der Waals surface area contributed by atoms with Crippen LogP contribution in [0.2, 0.25) is 0 Å². The van der Waals surface area contributed by atoms with Gasteiger partial charge in [0.25, 0.3) is 0 Å². The van der Waals surface area contributed by atoms with Gasteiger partial charge in [-0.1, -0.05) is 90.3 Å². The fraction of sp³-hybridized carbons (Fsp3) is 0.552. The number of rotatable bonds is 9. The Morgan fingerprint density at radius 1 is 1.00 bits per heavy atom. The molecule has 0 fully saturated rings. The lowest BCUT2D eigenvalue weighted by Crippen LogP contribution is -2.34. The number of carbonyl (C=O) groups excluding carboxylic acids is 1. The van der Waals surface area contributed by atoms with Gasteiger partial charge in [-0.05, 0) is 71.3 Å². The van der Waals surface area contributed by atoms with E-state index < -0.39 is 0 Å². The molecule has 1 aliphatic carbocycles. The van der Waals surface area contributed by atoms with E-state index in [1.165, 1.54) is 68.4 Å². The minimum Gasteiger partial charge on any atom is -0.466 e. The zero-order valence-corrected chi connectivity index (χ0v) is 20.8. The smallest absolute Gasteiger partial charge is 0.330 e. The lowest BCUT2D eigenvalue weighted by atomic mass is 9.62. The molecule has 1 aromatic rings. The van der Waals surface area contributed by atoms with Crippen LogP contribution in [0.4, 0.5) is 0 Å². The van der Waals surface area contributed by atoms with Crippen LogP contribution >= 0.6 is 0 Å². The number of allylic oxidation sites excluding steroid dienone is 4. The largest absolute Gasteiger partial charge is 0.466 e. The van der Waals surface area contributed by atoms with E-state index in [4.69, 9.17) is 0 Å². The summed E-state index contributed by atoms with van der Waals surface area (Å²) in [5.41, 5.74) is 7.17. The van der Waals surface area contributed by atoms with E-state index in [2.05, 4.69) is 63.6 Å². The van der Waals surface area contributed by atoms with Gasteiger partial charge in [0.05, 0.1) is 7.11 Å². The molecule has 0 spiro atoms. The summed E-state index contributed by atoms with van der Waals surface area (Å²) in [5.74, 6) is -0.319. The van der Waals surface area contributed by atoms with Crippen LogP contribution in [0.1, 0.15) is 102 Å². The standard InChI is InChI=1S/C29H42O2/c1-8-9-10-11-15-23-20-25-26(29(5,6)18-17-28(25,3)4)21-24(23)16-13-12-14-22(2)19-27(30)31-7/h12-14,16,19-21H,8-11,15,17-18H2,1-7H3. The average Bonchev–Trinajstić information content (AvgIpc) is 2.72. The van der Waals surface area contributed by atoms with Crippen LogP contribution in [0.5, 0.6) is 0 Å². The minimum absolute atomic E-state index is 0.212. The Hall–Kier alpha value is -2.09. The maximum atomic E-state index is 11.4. The van der Waals surface area contributed by atoms with E-state index >= 15 is 0 Å². The van der Waals surface area contributed by atoms with Crippen molar-refractivity contribution in [3.63, 3.8) is 0 Å². The first-order chi connectivity index (χ1) is 14.6. The van der Waals surface area contributed by atoms with Crippen molar-refractivity contribution in [1.82, 2.24) is 0 Å². The Morgan fingerprint density at radius 3 is 2.26 bits per heavy atom. The summed E-state index contributed by atoms with van der Waals surface area (Å²) >= 11 is 0. The summed E-state index contributed by atoms with van der Waals surface area (Å²) in [6, 6.07) is 4.96. The highest BCUT2D eigenvalue weighted by Crippen LogP contribution is 2.46. The molecule has 0 amide bonds. The fourth-order valence-corrected chi connectivity index (χ4v) is 4.45. The van der Waals surface area contributed by atoms with Crippen molar-refractivity contribution in [1.29, 1.82) is 0 Å². The van der Waals surface area contributed by atoms with Crippen LogP contribution in [0.25, 0.3) is 6.08 Å². The number of esters is 1. The zero-order valence-electron chi connectivity index (χ0n) is 20.8. The van der Waals surface area contributed by atoms with Crippen LogP contribution < -0.4 is 0 Å². The fourth-order valence-electron chi connectivity index (χ4n) is 4.45. The van der Waals surface area contributed by atoms with Gasteiger partial charge < -0.3 is 4.74 Å². The SMILES string of the molecule is CCCCCCc1cc2c(cc1C=CC=CC(C)=CC(=O)OC)C(C)(C)CCC2(C)C. The van der Waals surface area contributed by atoms with Crippen molar-refractivity contribution in [2.45, 2.75) is 97.3 Å². The lowest BCUT2D eigenvalue weighted by Gasteiger charge is -2.42. The van der Waals surface area contributed by atoms with Crippen LogP contribution in [0.3, 0.4) is 0 Å². The zero-order chi connectivity index (χ0) is 23.1. The first-order valence-corrected chi connectivity index (χ1v) is 11.9. The van der Waals surface area contributed by atoms with Crippen LogP contribution in [0.15, 0.2) is 42.0 Å². The van der Waals surface area contributed by atoms with Gasteiger partial charge in [-0.2, -0.15) is 0 Å². The second-order valence-electron chi connectivity index (χ2n) is 10.3. The molecule has 0 heterocycles. The highest BCUT2D eigenvalue weighted by atomic mass is 16.5. The number of aryl methyl sites for hydroxylation is 1. The molecule has 0 atom stereocenters. The van der Waals surface area contributed by atoms with E-state index in [0.29, 0.717) is 0 Å². The molecule has 0 saturated carbocycles. The maximum Gasteiger partial charge on any atom is 0.330 e. The Kier molecular flexibility index (Phi) is 8.91. The molecule has 31 heavy (non-hydrogen) atoms. The Labute approximate surface area is 190 Å². The van der Waals surface area contributed by atoms with Crippen molar-refractivity contribution < 1.29 is 9.53 Å². The molecular weight excluding hydrogens is 380 g/mol. The monoisotopic (exact) mass is 422 g/mol. The molecule has 0 unspecified atom stereocenters. The molecular formula is C29H42O2. The third kappa shape index (κ3) is 6.95. The van der Waals surface area contributed by atoms with Gasteiger partial charge in [-0.3, -0.25) is 0 Å². The van der Waals surface area contributed by atoms with Crippen molar-refractivity contribution >= 4 is 12.0 Å². The molecule has 0 radical (unpaired) electrons. The van der Waals surface area contributed by atoms with E-state index in [1.807, 2.05) is 19.1 Å². The predicted octanol–water partition coefficient (Wildman–Crippen LogP) is 7.85. The molecule has 0 N–H and O–H groups in total. The maximum absolute atomic E-state index is 11.4. The summed E-state index contributed by atoms with van der Waals surface area (Å²) in [5, 5.41) is 0. The first kappa shape index (κ1) is 25.2. The van der Waals surface area contributed by atoms with Crippen molar-refractivity contribution in [2.75, 3.05) is 7.11 Å². The molecule has 1 aromatic carbocycles. The average molecular weight is 423 g/mol. The van der Waals surface area contributed by atoms with E-state index in [0.717, 1.165) is 12.0 Å². The molecule has 2 nitrogen and oxygen atoms in total. The second-order valence-corrected chi connectivity index (χ2v) is 10.3. The van der Waals surface area contributed by atoms with Gasteiger partial charge in [0.1, 0.15) is 0 Å². The number of methoxy groups -OCH3 is 1. The van der Waals surface area contributed by atoms with Crippen molar-refractivity contribution in [3.8, 4) is 0 Å². The van der Waals surface area contributed by atoms with Crippen LogP contribution in [-0.4, -0.2) is 13.1 Å². The van der Waals surface area contributed by atoms with Gasteiger partial charge in [-0.15, -0.1) is 0 Å². The molecule has 1 aliphatic rings. The van der Waals surface area contributed by atoms with Crippen LogP contribution in [-0.2, 0) is 26.8 Å². The van der Waals surface area contributed by atoms with E-state index in [1.54, 1.807) is 5.56 Å². The third-order valence-corrected chi connectivity index (χ3v) is 6.71. The van der Waals surface area contributed by atoms with Crippen molar-refractivity contribution in [3.05, 3.63) is 64.3 Å². The molecule has 0 aromatic heterocycles. The highest BCUT2D eigenvalue weighted by Gasteiger charge is 2.37. The summed E-state index contributed by atoms with van der Waals surface area (Å²) in [4.78, 5) is 11.4. The quantitative estimate of drug-likeness (QED) is 0.175. The number of unbranched alkanes of at least 4 members (excludes halogenated alkanes) is 3. The number of ether oxygens (including phenoxy) is 1. The van der Waals surface area contributed by atoms with Crippen molar-refractivity contribution in [2.24, 2.45) is 0 Å². The normalized spacial score (nSPS) is 17.8. The second kappa shape index (κ2) is 11.0. The molecule has 2 heteroatoms. The van der Waals surface area contributed by atoms with Gasteiger partial charge >= 0.3 is 5.97 Å². The molecule has 0 bridgehead atoms. The van der Waals surface area contributed by atoms with Crippen LogP contribution in [0, 0.1) is 0 Å². The molecule has 2 rings (SSSR count). The third-order valence-electron chi connectivity index (χ3n) is 6.71. The number of carbonyl (C=O) groups is 1. The summed E-state index contributed by atoms with van der Waals surface area (Å²) in [6.45, 7) is 13.7. The topological polar surface area (TPSA) is 26.3 Å². The summed E-state index contributed by atoms with van der Waals surface area (Å²) < 4.78 is 4.69. The van der Waals surface area contributed by atoms with Gasteiger partial charge in [-0.25, -0.2) is 4.79 Å². The Bertz CT molecular complexity index is 850. The predicted molar refractivity (Wildman–Crippen MR) is 134 cm³/mol. The van der Waals surface area contributed by atoms with E-state index in [-0.39, 0.29) is 16.8 Å². The minimum atomic E-state index is -0.319. The van der Waals surface area contributed by atoms with Gasteiger partial charge in [0.2, 0.25) is 0 Å². The highest BCUT2D eigenvalue weighted by molar-refractivity contribution is 5.83. The Morgan fingerprint density at radius 2 is 1.65 bits per heavy atom. The molecule has 170 valence electrons. The number of fused-ring (bicyclic) bond motifs is 1. The Balaban J connectivity index is 2.37. The van der Waals surface area contributed by atoms with Gasteiger partial charge in [0.15, 0.2) is 0 Å². The summed E-state index contributed by atoms with van der Waals surface area (Å²) in [7, 11) is 1.40. The number of benzene rings is 1. The van der Waals surface area contributed by atoms with E-state index in [9.17, 15) is 4.79 Å². The number of hydrogen-bond donors (Lipinski definition) is 0. The number of hydrogen-bond acceptors (Lipinski definition) is 2. The summed E-state index contributed by atoms with van der Waals surface area (Å²) in [6.07, 6.45) is 18.5. The lowest BCUT2D eigenvalue weighted by molar-refractivity contribution is -0.134. The first-order valence-electron chi connectivity index (χ1n) is 11.9. The molecule has 0 saturated heterocycles.